The molecule has 8 heteroatoms. The number of hydrogen-bond donors (Lipinski definition) is 2. The van der Waals surface area contributed by atoms with Gasteiger partial charge in [0.25, 0.3) is 0 Å². The van der Waals surface area contributed by atoms with Crippen LogP contribution in [0.5, 0.6) is 0 Å². The highest BCUT2D eigenvalue weighted by atomic mass is 19.1. The largest absolute Gasteiger partial charge is 0.394 e. The molecule has 0 aliphatic carbocycles. The van der Waals surface area contributed by atoms with Gasteiger partial charge in [-0.2, -0.15) is 0 Å². The van der Waals surface area contributed by atoms with E-state index in [1.807, 2.05) is 0 Å². The molecule has 1 aromatic heterocycles. The Morgan fingerprint density at radius 2 is 2.25 bits per heavy atom. The monoisotopic (exact) mass is 337 g/mol. The Hall–Kier alpha value is -1.87. The summed E-state index contributed by atoms with van der Waals surface area (Å²) in [5.41, 5.74) is 1.64. The minimum Gasteiger partial charge on any atom is -0.394 e. The van der Waals surface area contributed by atoms with E-state index >= 15 is 0 Å². The van der Waals surface area contributed by atoms with Gasteiger partial charge in [-0.15, -0.1) is 5.10 Å². The van der Waals surface area contributed by atoms with Crippen molar-refractivity contribution in [2.45, 2.75) is 31.3 Å². The summed E-state index contributed by atoms with van der Waals surface area (Å²) in [5.74, 6) is -0.316. The second kappa shape index (κ2) is 6.94. The number of halogens is 1. The maximum Gasteiger partial charge on any atom is 0.126 e. The molecule has 24 heavy (non-hydrogen) atoms. The molecular formula is C16H20FN3O4. The van der Waals surface area contributed by atoms with E-state index in [-0.39, 0.29) is 19.0 Å². The van der Waals surface area contributed by atoms with Crippen LogP contribution in [0.3, 0.4) is 0 Å². The first-order valence-electron chi connectivity index (χ1n) is 7.66. The van der Waals surface area contributed by atoms with Gasteiger partial charge in [0.15, 0.2) is 0 Å². The van der Waals surface area contributed by atoms with Crippen LogP contribution in [-0.4, -0.2) is 63.8 Å². The lowest BCUT2D eigenvalue weighted by Gasteiger charge is -2.38. The normalized spacial score (nSPS) is 27.4. The van der Waals surface area contributed by atoms with E-state index in [1.165, 1.54) is 17.9 Å². The average Bonchev–Trinajstić information content (AvgIpc) is 3.06. The first kappa shape index (κ1) is 17.0. The Morgan fingerprint density at radius 1 is 1.46 bits per heavy atom. The highest BCUT2D eigenvalue weighted by molar-refractivity contribution is 5.58. The zero-order valence-electron chi connectivity index (χ0n) is 13.5. The number of rotatable bonds is 4. The van der Waals surface area contributed by atoms with Crippen molar-refractivity contribution in [1.29, 1.82) is 0 Å². The van der Waals surface area contributed by atoms with E-state index in [4.69, 9.17) is 9.47 Å². The zero-order chi connectivity index (χ0) is 17.3. The van der Waals surface area contributed by atoms with Gasteiger partial charge >= 0.3 is 0 Å². The Kier molecular flexibility index (Phi) is 4.91. The smallest absolute Gasteiger partial charge is 0.126 e. The Balaban J connectivity index is 1.91. The Morgan fingerprint density at radius 3 is 2.92 bits per heavy atom. The number of ether oxygens (including phenoxy) is 2. The van der Waals surface area contributed by atoms with Crippen molar-refractivity contribution >= 4 is 0 Å². The van der Waals surface area contributed by atoms with Crippen LogP contribution in [0.15, 0.2) is 24.4 Å². The summed E-state index contributed by atoms with van der Waals surface area (Å²) in [5, 5.41) is 27.9. The molecule has 1 saturated heterocycles. The number of aryl methyl sites for hydroxylation is 1. The fourth-order valence-electron chi connectivity index (χ4n) is 2.86. The molecule has 0 amide bonds. The third-order valence-corrected chi connectivity index (χ3v) is 4.35. The van der Waals surface area contributed by atoms with Crippen LogP contribution in [0.25, 0.3) is 11.3 Å². The third kappa shape index (κ3) is 3.05. The lowest BCUT2D eigenvalue weighted by molar-refractivity contribution is -0.174. The average molecular weight is 337 g/mol. The van der Waals surface area contributed by atoms with Crippen molar-refractivity contribution < 1.29 is 24.1 Å². The minimum atomic E-state index is -1.00. The van der Waals surface area contributed by atoms with Crippen LogP contribution in [0, 0.1) is 12.7 Å². The lowest BCUT2D eigenvalue weighted by Crippen LogP contribution is -2.52. The molecule has 4 atom stereocenters. The molecular weight excluding hydrogens is 317 g/mol. The van der Waals surface area contributed by atoms with Crippen LogP contribution in [0.2, 0.25) is 0 Å². The summed E-state index contributed by atoms with van der Waals surface area (Å²) in [6.45, 7) is 1.60. The second-order valence-corrected chi connectivity index (χ2v) is 5.86. The van der Waals surface area contributed by atoms with E-state index < -0.39 is 24.4 Å². The van der Waals surface area contributed by atoms with Crippen LogP contribution < -0.4 is 0 Å². The molecule has 1 aliphatic heterocycles. The molecule has 2 aromatic rings. The number of aliphatic hydroxyl groups is 2. The summed E-state index contributed by atoms with van der Waals surface area (Å²) >= 11 is 0. The van der Waals surface area contributed by atoms with Crippen molar-refractivity contribution in [2.24, 2.45) is 0 Å². The van der Waals surface area contributed by atoms with E-state index in [1.54, 1.807) is 25.3 Å². The third-order valence-electron chi connectivity index (χ3n) is 4.35. The van der Waals surface area contributed by atoms with Crippen molar-refractivity contribution in [2.75, 3.05) is 20.3 Å². The molecule has 130 valence electrons. The van der Waals surface area contributed by atoms with Gasteiger partial charge in [-0.05, 0) is 18.6 Å². The Bertz CT molecular complexity index is 708. The first-order valence-corrected chi connectivity index (χ1v) is 7.66. The van der Waals surface area contributed by atoms with Gasteiger partial charge in [0.2, 0.25) is 0 Å². The minimum absolute atomic E-state index is 0.220. The summed E-state index contributed by atoms with van der Waals surface area (Å²) in [6.07, 6.45) is -0.528. The fourth-order valence-corrected chi connectivity index (χ4v) is 2.86. The van der Waals surface area contributed by atoms with Gasteiger partial charge in [-0.1, -0.05) is 17.3 Å². The van der Waals surface area contributed by atoms with Gasteiger partial charge in [0, 0.05) is 12.7 Å². The summed E-state index contributed by atoms with van der Waals surface area (Å²) < 4.78 is 26.0. The van der Waals surface area contributed by atoms with Gasteiger partial charge in [0.1, 0.15) is 35.9 Å². The van der Waals surface area contributed by atoms with Crippen LogP contribution in [0.1, 0.15) is 11.6 Å². The highest BCUT2D eigenvalue weighted by Crippen LogP contribution is 2.29. The van der Waals surface area contributed by atoms with Gasteiger partial charge in [-0.3, -0.25) is 0 Å². The fraction of sp³-hybridized carbons (Fsp3) is 0.500. The quantitative estimate of drug-likeness (QED) is 0.854. The second-order valence-electron chi connectivity index (χ2n) is 5.86. The standard InChI is InChI=1S/C16H20FN3O4/c1-9-3-4-10(5-11(9)17)12-6-20(19-18-12)15-14(23-2)8-24-13(7-21)16(15)22/h3-6,13-16,21-22H,7-8H2,1-2H3. The van der Waals surface area contributed by atoms with Crippen molar-refractivity contribution in [3.63, 3.8) is 0 Å². The molecule has 3 rings (SSSR count). The topological polar surface area (TPSA) is 89.6 Å². The van der Waals surface area contributed by atoms with Gasteiger partial charge < -0.3 is 19.7 Å². The van der Waals surface area contributed by atoms with Crippen LogP contribution >= 0.6 is 0 Å². The molecule has 4 unspecified atom stereocenters. The molecule has 2 N–H and O–H groups in total. The van der Waals surface area contributed by atoms with E-state index in [0.717, 1.165) is 0 Å². The number of aromatic nitrogens is 3. The number of methoxy groups -OCH3 is 1. The molecule has 7 nitrogen and oxygen atoms in total. The van der Waals surface area contributed by atoms with Gasteiger partial charge in [0.05, 0.1) is 19.4 Å². The predicted molar refractivity (Wildman–Crippen MR) is 82.8 cm³/mol. The van der Waals surface area contributed by atoms with Crippen molar-refractivity contribution in [1.82, 2.24) is 15.0 Å². The van der Waals surface area contributed by atoms with E-state index in [9.17, 15) is 14.6 Å². The maximum atomic E-state index is 13.7. The number of benzene rings is 1. The predicted octanol–water partition coefficient (Wildman–Crippen LogP) is 0.701. The molecule has 2 heterocycles. The summed E-state index contributed by atoms with van der Waals surface area (Å²) in [4.78, 5) is 0. The SMILES string of the molecule is COC1COC(CO)C(O)C1n1cc(-c2ccc(C)c(F)c2)nn1. The van der Waals surface area contributed by atoms with Crippen molar-refractivity contribution in [3.8, 4) is 11.3 Å². The molecule has 0 saturated carbocycles. The molecule has 1 fully saturated rings. The number of aliphatic hydroxyl groups excluding tert-OH is 2. The molecule has 1 aliphatic rings. The van der Waals surface area contributed by atoms with Crippen LogP contribution in [-0.2, 0) is 9.47 Å². The highest BCUT2D eigenvalue weighted by Gasteiger charge is 2.41. The maximum absolute atomic E-state index is 13.7. The zero-order valence-corrected chi connectivity index (χ0v) is 13.5. The Labute approximate surface area is 138 Å². The number of hydrogen-bond acceptors (Lipinski definition) is 6. The van der Waals surface area contributed by atoms with Crippen LogP contribution in [0.4, 0.5) is 4.39 Å². The van der Waals surface area contributed by atoms with E-state index in [2.05, 4.69) is 10.3 Å². The first-order chi connectivity index (χ1) is 11.5. The molecule has 0 spiro atoms. The number of nitrogens with zero attached hydrogens (tertiary/aromatic N) is 3. The summed E-state index contributed by atoms with van der Waals surface area (Å²) in [7, 11) is 1.51. The van der Waals surface area contributed by atoms with Gasteiger partial charge in [-0.25, -0.2) is 9.07 Å². The van der Waals surface area contributed by atoms with E-state index in [0.29, 0.717) is 16.8 Å². The van der Waals surface area contributed by atoms with Crippen molar-refractivity contribution in [3.05, 3.63) is 35.8 Å². The summed E-state index contributed by atoms with van der Waals surface area (Å²) in [6, 6.07) is 4.27. The molecule has 1 aromatic carbocycles. The lowest BCUT2D eigenvalue weighted by atomic mass is 9.97. The molecule has 0 bridgehead atoms. The molecule has 0 radical (unpaired) electrons.